The van der Waals surface area contributed by atoms with Crippen molar-refractivity contribution in [2.45, 2.75) is 36.9 Å². The van der Waals surface area contributed by atoms with Crippen LogP contribution in [0.15, 0.2) is 11.1 Å². The molecule has 0 aliphatic rings. The summed E-state index contributed by atoms with van der Waals surface area (Å²) in [6.07, 6.45) is 2.25. The number of hydrogen-bond donors (Lipinski definition) is 2. The van der Waals surface area contributed by atoms with Gasteiger partial charge in [0.15, 0.2) is 0 Å². The van der Waals surface area contributed by atoms with E-state index in [-0.39, 0.29) is 9.72 Å². The van der Waals surface area contributed by atoms with Crippen molar-refractivity contribution in [3.05, 3.63) is 11.9 Å². The molecule has 5 nitrogen and oxygen atoms in total. The van der Waals surface area contributed by atoms with E-state index in [9.17, 15) is 8.42 Å². The van der Waals surface area contributed by atoms with Crippen molar-refractivity contribution < 1.29 is 8.42 Å². The van der Waals surface area contributed by atoms with Crippen LogP contribution in [0, 0.1) is 12.8 Å². The van der Waals surface area contributed by atoms with Crippen LogP contribution in [0.5, 0.6) is 0 Å². The van der Waals surface area contributed by atoms with Gasteiger partial charge in [0.1, 0.15) is 4.90 Å². The van der Waals surface area contributed by atoms with Crippen LogP contribution in [-0.2, 0) is 10.0 Å². The number of sulfonamides is 1. The summed E-state index contributed by atoms with van der Waals surface area (Å²) >= 11 is 3.46. The Morgan fingerprint density at radius 1 is 1.53 bits per heavy atom. The molecule has 0 amide bonds. The maximum absolute atomic E-state index is 11.9. The highest BCUT2D eigenvalue weighted by molar-refractivity contribution is 9.09. The number of halogens is 1. The average Bonchev–Trinajstić information content (AvgIpc) is 2.61. The van der Waals surface area contributed by atoms with Crippen LogP contribution in [0.25, 0.3) is 0 Å². The Bertz CT molecular complexity index is 456. The molecule has 1 unspecified atom stereocenters. The van der Waals surface area contributed by atoms with Gasteiger partial charge < -0.3 is 0 Å². The zero-order valence-electron chi connectivity index (χ0n) is 10.2. The molecule has 98 valence electrons. The van der Waals surface area contributed by atoms with Gasteiger partial charge in [-0.1, -0.05) is 29.8 Å². The highest BCUT2D eigenvalue weighted by atomic mass is 79.9. The van der Waals surface area contributed by atoms with Crippen LogP contribution >= 0.6 is 15.9 Å². The van der Waals surface area contributed by atoms with Crippen molar-refractivity contribution in [1.82, 2.24) is 14.9 Å². The molecule has 17 heavy (non-hydrogen) atoms. The largest absolute Gasteiger partial charge is 0.281 e. The lowest BCUT2D eigenvalue weighted by Crippen LogP contribution is -2.30. The zero-order chi connectivity index (χ0) is 13.1. The summed E-state index contributed by atoms with van der Waals surface area (Å²) in [4.78, 5) is 0.353. The molecule has 2 N–H and O–H groups in total. The number of H-pyrrole nitrogens is 1. The zero-order valence-corrected chi connectivity index (χ0v) is 12.6. The number of nitrogens with zero attached hydrogens (tertiary/aromatic N) is 1. The van der Waals surface area contributed by atoms with Gasteiger partial charge in [-0.2, -0.15) is 5.10 Å². The normalized spacial score (nSPS) is 14.2. The maximum atomic E-state index is 11.9. The van der Waals surface area contributed by atoms with Crippen LogP contribution in [0.4, 0.5) is 0 Å². The number of aromatic nitrogens is 2. The molecule has 0 aliphatic heterocycles. The number of alkyl halides is 1. The molecule has 1 rings (SSSR count). The monoisotopic (exact) mass is 323 g/mol. The minimum Gasteiger partial charge on any atom is -0.281 e. The molecule has 0 saturated carbocycles. The fraction of sp³-hybridized carbons (Fsp3) is 0.700. The molecule has 0 saturated heterocycles. The Kier molecular flexibility index (Phi) is 5.15. The summed E-state index contributed by atoms with van der Waals surface area (Å²) in [7, 11) is -3.45. The molecule has 1 aromatic heterocycles. The summed E-state index contributed by atoms with van der Waals surface area (Å²) in [6, 6.07) is 0. The fourth-order valence-electron chi connectivity index (χ4n) is 1.48. The summed E-state index contributed by atoms with van der Waals surface area (Å²) in [6.45, 7) is 6.26. The van der Waals surface area contributed by atoms with Crippen molar-refractivity contribution in [3.8, 4) is 0 Å². The Balaban J connectivity index is 2.60. The molecule has 0 spiro atoms. The first kappa shape index (κ1) is 14.7. The lowest BCUT2D eigenvalue weighted by Gasteiger charge is -2.13. The van der Waals surface area contributed by atoms with E-state index < -0.39 is 10.0 Å². The van der Waals surface area contributed by atoms with Crippen molar-refractivity contribution >= 4 is 26.0 Å². The first-order valence-electron chi connectivity index (χ1n) is 5.46. The molecule has 7 heteroatoms. The topological polar surface area (TPSA) is 74.8 Å². The molecule has 1 atom stereocenters. The third-order valence-corrected chi connectivity index (χ3v) is 4.53. The van der Waals surface area contributed by atoms with Crippen LogP contribution in [0.1, 0.15) is 26.0 Å². The fourth-order valence-corrected chi connectivity index (χ4v) is 3.82. The SMILES string of the molecule is Cc1[nH]ncc1S(=O)(=O)NCC(Br)CC(C)C. The summed E-state index contributed by atoms with van der Waals surface area (Å²) < 4.78 is 26.4. The summed E-state index contributed by atoms with van der Waals surface area (Å²) in [5.41, 5.74) is 0.549. The van der Waals surface area contributed by atoms with Gasteiger partial charge in [0, 0.05) is 11.4 Å². The van der Waals surface area contributed by atoms with E-state index in [1.165, 1.54) is 6.20 Å². The van der Waals surface area contributed by atoms with E-state index in [0.29, 0.717) is 18.2 Å². The number of aryl methyl sites for hydroxylation is 1. The predicted molar refractivity (Wildman–Crippen MR) is 70.7 cm³/mol. The van der Waals surface area contributed by atoms with E-state index in [1.807, 2.05) is 0 Å². The van der Waals surface area contributed by atoms with Gasteiger partial charge in [-0.3, -0.25) is 5.10 Å². The predicted octanol–water partition coefficient (Wildman–Crippen LogP) is 1.81. The number of hydrogen-bond acceptors (Lipinski definition) is 3. The van der Waals surface area contributed by atoms with Crippen LogP contribution in [0.2, 0.25) is 0 Å². The van der Waals surface area contributed by atoms with E-state index in [0.717, 1.165) is 6.42 Å². The van der Waals surface area contributed by atoms with Crippen molar-refractivity contribution in [2.75, 3.05) is 6.54 Å². The Hall–Kier alpha value is -0.400. The van der Waals surface area contributed by atoms with Crippen LogP contribution in [0.3, 0.4) is 0 Å². The van der Waals surface area contributed by atoms with Gasteiger partial charge in [-0.05, 0) is 19.3 Å². The quantitative estimate of drug-likeness (QED) is 0.784. The van der Waals surface area contributed by atoms with Gasteiger partial charge in [0.05, 0.1) is 11.9 Å². The van der Waals surface area contributed by atoms with E-state index in [4.69, 9.17) is 0 Å². The highest BCUT2D eigenvalue weighted by Crippen LogP contribution is 2.14. The van der Waals surface area contributed by atoms with Gasteiger partial charge in [0.2, 0.25) is 10.0 Å². The second-order valence-corrected chi connectivity index (χ2v) is 7.47. The second-order valence-electron chi connectivity index (χ2n) is 4.44. The Labute approximate surface area is 111 Å². The molecule has 0 bridgehead atoms. The highest BCUT2D eigenvalue weighted by Gasteiger charge is 2.19. The van der Waals surface area contributed by atoms with Gasteiger partial charge >= 0.3 is 0 Å². The van der Waals surface area contributed by atoms with E-state index in [1.54, 1.807) is 6.92 Å². The molecular formula is C10H18BrN3O2S. The van der Waals surface area contributed by atoms with Crippen LogP contribution < -0.4 is 4.72 Å². The molecule has 0 aromatic carbocycles. The molecule has 0 radical (unpaired) electrons. The minimum absolute atomic E-state index is 0.143. The smallest absolute Gasteiger partial charge is 0.243 e. The minimum atomic E-state index is -3.45. The molecule has 1 aromatic rings. The first-order valence-corrected chi connectivity index (χ1v) is 7.86. The standard InChI is InChI=1S/C10H18BrN3O2S/c1-7(2)4-9(11)5-13-17(15,16)10-6-12-14-8(10)3/h6-7,9,13H,4-5H2,1-3H3,(H,12,14). The lowest BCUT2D eigenvalue weighted by atomic mass is 10.1. The number of nitrogens with one attached hydrogen (secondary N) is 2. The van der Waals surface area contributed by atoms with Crippen LogP contribution in [-0.4, -0.2) is 30.0 Å². The molecule has 1 heterocycles. The molecule has 0 fully saturated rings. The number of rotatable bonds is 6. The van der Waals surface area contributed by atoms with E-state index in [2.05, 4.69) is 44.7 Å². The first-order chi connectivity index (χ1) is 7.83. The molecule has 0 aliphatic carbocycles. The number of aromatic amines is 1. The van der Waals surface area contributed by atoms with Crippen molar-refractivity contribution in [1.29, 1.82) is 0 Å². The van der Waals surface area contributed by atoms with Gasteiger partial charge in [-0.15, -0.1) is 0 Å². The maximum Gasteiger partial charge on any atom is 0.243 e. The Morgan fingerprint density at radius 3 is 2.65 bits per heavy atom. The summed E-state index contributed by atoms with van der Waals surface area (Å²) in [5.74, 6) is 0.527. The average molecular weight is 324 g/mol. The van der Waals surface area contributed by atoms with Gasteiger partial charge in [-0.25, -0.2) is 13.1 Å². The van der Waals surface area contributed by atoms with E-state index >= 15 is 0 Å². The lowest BCUT2D eigenvalue weighted by molar-refractivity contribution is 0.551. The second kappa shape index (κ2) is 5.97. The summed E-state index contributed by atoms with van der Waals surface area (Å²) in [5, 5.41) is 6.32. The molecular weight excluding hydrogens is 306 g/mol. The Morgan fingerprint density at radius 2 is 2.18 bits per heavy atom. The van der Waals surface area contributed by atoms with Crippen molar-refractivity contribution in [2.24, 2.45) is 5.92 Å². The van der Waals surface area contributed by atoms with Gasteiger partial charge in [0.25, 0.3) is 0 Å². The third kappa shape index (κ3) is 4.40. The third-order valence-electron chi connectivity index (χ3n) is 2.30. The van der Waals surface area contributed by atoms with Crippen molar-refractivity contribution in [3.63, 3.8) is 0 Å².